The van der Waals surface area contributed by atoms with E-state index < -0.39 is 10.1 Å². The fourth-order valence-corrected chi connectivity index (χ4v) is 4.18. The number of rotatable bonds is 4. The molecule has 152 valence electrons. The molecule has 1 aliphatic rings. The van der Waals surface area contributed by atoms with Crippen molar-refractivity contribution < 1.29 is 22.6 Å². The highest BCUT2D eigenvalue weighted by Crippen LogP contribution is 2.38. The normalized spacial score (nSPS) is 12.9. The highest BCUT2D eigenvalue weighted by molar-refractivity contribution is 7.85. The van der Waals surface area contributed by atoms with E-state index in [0.29, 0.717) is 39.3 Å². The van der Waals surface area contributed by atoms with Crippen molar-refractivity contribution >= 4 is 38.7 Å². The third kappa shape index (κ3) is 3.16. The maximum absolute atomic E-state index is 13.3. The lowest BCUT2D eigenvalue weighted by atomic mass is 9.82. The van der Waals surface area contributed by atoms with Gasteiger partial charge in [-0.1, -0.05) is 24.3 Å². The molecule has 0 aliphatic heterocycles. The summed E-state index contributed by atoms with van der Waals surface area (Å²) in [5, 5.41) is 6.10. The monoisotopic (exact) mass is 422 g/mol. The van der Waals surface area contributed by atoms with Crippen LogP contribution in [0.2, 0.25) is 0 Å². The van der Waals surface area contributed by atoms with Gasteiger partial charge in [0.25, 0.3) is 10.1 Å². The first-order valence-corrected chi connectivity index (χ1v) is 10.5. The van der Waals surface area contributed by atoms with E-state index in [4.69, 9.17) is 0 Å². The van der Waals surface area contributed by atoms with E-state index in [1.807, 2.05) is 0 Å². The topological polar surface area (TPSA) is 113 Å². The van der Waals surface area contributed by atoms with Gasteiger partial charge in [0.15, 0.2) is 11.6 Å². The summed E-state index contributed by atoms with van der Waals surface area (Å²) in [6.07, 6.45) is 0. The molecule has 8 heteroatoms. The maximum atomic E-state index is 13.3. The maximum Gasteiger partial charge on any atom is 0.294 e. The lowest BCUT2D eigenvalue weighted by Gasteiger charge is -2.23. The lowest BCUT2D eigenvalue weighted by molar-refractivity contribution is 0.0980. The predicted octanol–water partition coefficient (Wildman–Crippen LogP) is 3.80. The zero-order chi connectivity index (χ0) is 21.6. The van der Waals surface area contributed by atoms with E-state index in [1.54, 1.807) is 50.4 Å². The first-order valence-electron chi connectivity index (χ1n) is 9.10. The number of fused-ring (bicyclic) bond motifs is 2. The fourth-order valence-electron chi connectivity index (χ4n) is 3.62. The van der Waals surface area contributed by atoms with Crippen molar-refractivity contribution in [3.05, 3.63) is 82.4 Å². The Labute approximate surface area is 173 Å². The molecule has 30 heavy (non-hydrogen) atoms. The molecule has 0 saturated heterocycles. The van der Waals surface area contributed by atoms with E-state index in [2.05, 4.69) is 10.6 Å². The van der Waals surface area contributed by atoms with Gasteiger partial charge in [0, 0.05) is 29.5 Å². The highest BCUT2D eigenvalue weighted by atomic mass is 32.2. The molecule has 0 aromatic heterocycles. The third-order valence-corrected chi connectivity index (χ3v) is 5.96. The number of hydrogen-bond donors (Lipinski definition) is 3. The number of ketones is 2. The third-order valence-electron chi connectivity index (χ3n) is 5.11. The molecule has 0 spiro atoms. The summed E-state index contributed by atoms with van der Waals surface area (Å²) in [6, 6.07) is 14.2. The van der Waals surface area contributed by atoms with Crippen LogP contribution >= 0.6 is 0 Å². The van der Waals surface area contributed by atoms with Gasteiger partial charge >= 0.3 is 0 Å². The minimum absolute atomic E-state index is 0.224. The summed E-state index contributed by atoms with van der Waals surface area (Å²) in [4.78, 5) is 26.2. The second-order valence-corrected chi connectivity index (χ2v) is 8.36. The van der Waals surface area contributed by atoms with Crippen LogP contribution in [-0.2, 0) is 10.1 Å². The summed E-state index contributed by atoms with van der Waals surface area (Å²) in [6.45, 7) is 1.67. The SMILES string of the molecule is CNc1ccc(Nc2ccc(S(=O)(=O)O)cc2C)c2c1C(=O)c1ccccc1C2=O. The summed E-state index contributed by atoms with van der Waals surface area (Å²) in [5.74, 6) is -0.515. The van der Waals surface area contributed by atoms with Gasteiger partial charge in [-0.05, 0) is 42.8 Å². The van der Waals surface area contributed by atoms with Crippen LogP contribution in [0.3, 0.4) is 0 Å². The predicted molar refractivity (Wildman–Crippen MR) is 114 cm³/mol. The number of nitrogens with one attached hydrogen (secondary N) is 2. The average molecular weight is 422 g/mol. The molecular weight excluding hydrogens is 404 g/mol. The Balaban J connectivity index is 1.86. The highest BCUT2D eigenvalue weighted by Gasteiger charge is 2.33. The van der Waals surface area contributed by atoms with E-state index >= 15 is 0 Å². The quantitative estimate of drug-likeness (QED) is 0.429. The van der Waals surface area contributed by atoms with Crippen LogP contribution in [0.4, 0.5) is 17.1 Å². The molecule has 0 amide bonds. The molecule has 7 nitrogen and oxygen atoms in total. The number of anilines is 3. The van der Waals surface area contributed by atoms with Crippen LogP contribution < -0.4 is 10.6 Å². The van der Waals surface area contributed by atoms with Crippen LogP contribution in [0.25, 0.3) is 0 Å². The minimum atomic E-state index is -4.32. The molecule has 4 rings (SSSR count). The van der Waals surface area contributed by atoms with Crippen LogP contribution in [0, 0.1) is 6.92 Å². The minimum Gasteiger partial charge on any atom is -0.388 e. The fraction of sp³-hybridized carbons (Fsp3) is 0.0909. The number of carbonyl (C=O) groups is 2. The summed E-state index contributed by atoms with van der Waals surface area (Å²) < 4.78 is 31.9. The van der Waals surface area contributed by atoms with E-state index in [-0.39, 0.29) is 22.0 Å². The van der Waals surface area contributed by atoms with Crippen molar-refractivity contribution in [2.45, 2.75) is 11.8 Å². The second kappa shape index (κ2) is 7.08. The molecule has 0 bridgehead atoms. The van der Waals surface area contributed by atoms with Crippen LogP contribution in [0.1, 0.15) is 37.4 Å². The smallest absolute Gasteiger partial charge is 0.294 e. The number of aryl methyl sites for hydroxylation is 1. The molecule has 3 aromatic carbocycles. The Hall–Kier alpha value is -3.49. The second-order valence-electron chi connectivity index (χ2n) is 6.94. The van der Waals surface area contributed by atoms with Crippen molar-refractivity contribution in [2.75, 3.05) is 17.7 Å². The number of benzene rings is 3. The van der Waals surface area contributed by atoms with Gasteiger partial charge in [-0.2, -0.15) is 8.42 Å². The zero-order valence-corrected chi connectivity index (χ0v) is 17.0. The van der Waals surface area contributed by atoms with Gasteiger partial charge in [-0.15, -0.1) is 0 Å². The van der Waals surface area contributed by atoms with Crippen LogP contribution in [0.15, 0.2) is 59.5 Å². The van der Waals surface area contributed by atoms with E-state index in [1.165, 1.54) is 18.2 Å². The Kier molecular flexibility index (Phi) is 4.68. The summed E-state index contributed by atoms with van der Waals surface area (Å²) >= 11 is 0. The summed E-state index contributed by atoms with van der Waals surface area (Å²) in [5.41, 5.74) is 3.30. The number of carbonyl (C=O) groups excluding carboxylic acids is 2. The van der Waals surface area contributed by atoms with Gasteiger partial charge in [0.2, 0.25) is 0 Å². The molecule has 1 aliphatic carbocycles. The van der Waals surface area contributed by atoms with Gasteiger partial charge in [-0.25, -0.2) is 0 Å². The number of hydrogen-bond acceptors (Lipinski definition) is 6. The zero-order valence-electron chi connectivity index (χ0n) is 16.2. The molecule has 0 saturated carbocycles. The molecule has 0 heterocycles. The first-order chi connectivity index (χ1) is 14.2. The summed E-state index contributed by atoms with van der Waals surface area (Å²) in [7, 11) is -2.64. The van der Waals surface area contributed by atoms with Crippen LogP contribution in [-0.4, -0.2) is 31.6 Å². The molecular formula is C22H18N2O5S. The largest absolute Gasteiger partial charge is 0.388 e. The Morgan fingerprint density at radius 2 is 1.33 bits per heavy atom. The van der Waals surface area contributed by atoms with Gasteiger partial charge in [0.05, 0.1) is 21.7 Å². The molecule has 3 N–H and O–H groups in total. The Morgan fingerprint density at radius 1 is 0.800 bits per heavy atom. The van der Waals surface area contributed by atoms with Crippen molar-refractivity contribution in [3.8, 4) is 0 Å². The van der Waals surface area contributed by atoms with Crippen molar-refractivity contribution in [3.63, 3.8) is 0 Å². The molecule has 0 atom stereocenters. The Bertz CT molecular complexity index is 1330. The Morgan fingerprint density at radius 3 is 1.87 bits per heavy atom. The van der Waals surface area contributed by atoms with Crippen LogP contribution in [0.5, 0.6) is 0 Å². The lowest BCUT2D eigenvalue weighted by Crippen LogP contribution is -2.23. The average Bonchev–Trinajstić information content (AvgIpc) is 2.72. The molecule has 0 fully saturated rings. The molecule has 0 radical (unpaired) electrons. The van der Waals surface area contributed by atoms with Crippen molar-refractivity contribution in [2.24, 2.45) is 0 Å². The first kappa shape index (κ1) is 19.8. The standard InChI is InChI=1S/C22H18N2O5S/c1-12-11-13(30(27,28)29)7-8-16(12)24-18-10-9-17(23-2)19-20(18)22(26)15-6-4-3-5-14(15)21(19)25/h3-11,23-24H,1-2H3,(H,27,28,29). The van der Waals surface area contributed by atoms with Gasteiger partial charge < -0.3 is 10.6 Å². The molecule has 0 unspecified atom stereocenters. The van der Waals surface area contributed by atoms with E-state index in [9.17, 15) is 22.6 Å². The molecule has 3 aromatic rings. The van der Waals surface area contributed by atoms with Crippen molar-refractivity contribution in [1.82, 2.24) is 0 Å². The van der Waals surface area contributed by atoms with Crippen molar-refractivity contribution in [1.29, 1.82) is 0 Å². The van der Waals surface area contributed by atoms with Gasteiger partial charge in [0.1, 0.15) is 0 Å². The van der Waals surface area contributed by atoms with E-state index in [0.717, 1.165) is 0 Å². The van der Waals surface area contributed by atoms with Gasteiger partial charge in [-0.3, -0.25) is 14.1 Å².